The summed E-state index contributed by atoms with van der Waals surface area (Å²) in [6.45, 7) is 6.95. The first-order chi connectivity index (χ1) is 18.2. The first-order valence-electron chi connectivity index (χ1n) is 13.6. The second kappa shape index (κ2) is 12.7. The quantitative estimate of drug-likeness (QED) is 0.297. The fraction of sp³-hybridized carbons (Fsp3) is 0.375. The normalized spacial score (nSPS) is 15.9. The minimum absolute atomic E-state index is 0.120. The maximum Gasteiger partial charge on any atom is 0.229 e. The minimum atomic E-state index is -3.35. The van der Waals surface area contributed by atoms with Crippen LogP contribution in [0.1, 0.15) is 67.7 Å². The standard InChI is InChI=1S/C32H40N2O3S/c1-24(2)34-21-19-26(20-22-34)25-11-13-28(14-12-25)32(29-15-17-30(18-16-29)33-38(3,36)37)31(10-7-23-35)27-8-5-4-6-9-27/h4-6,8-9,11-18,24,26,33,35H,7,10,19-23H2,1-3H3/b32-31+. The van der Waals surface area contributed by atoms with Gasteiger partial charge in [0.05, 0.1) is 6.26 Å². The fourth-order valence-electron chi connectivity index (χ4n) is 5.41. The first kappa shape index (κ1) is 28.1. The van der Waals surface area contributed by atoms with Gasteiger partial charge in [0.15, 0.2) is 0 Å². The lowest BCUT2D eigenvalue weighted by molar-refractivity contribution is 0.172. The van der Waals surface area contributed by atoms with E-state index in [1.54, 1.807) is 0 Å². The summed E-state index contributed by atoms with van der Waals surface area (Å²) in [7, 11) is -3.35. The molecule has 2 N–H and O–H groups in total. The molecule has 1 saturated heterocycles. The van der Waals surface area contributed by atoms with Gasteiger partial charge in [-0.2, -0.15) is 0 Å². The molecular weight excluding hydrogens is 492 g/mol. The molecule has 0 atom stereocenters. The molecule has 1 aliphatic rings. The number of anilines is 1. The third kappa shape index (κ3) is 7.34. The molecule has 0 unspecified atom stereocenters. The average molecular weight is 533 g/mol. The van der Waals surface area contributed by atoms with Crippen molar-refractivity contribution in [1.29, 1.82) is 0 Å². The maximum absolute atomic E-state index is 11.7. The summed E-state index contributed by atoms with van der Waals surface area (Å²) in [5, 5.41) is 9.67. The smallest absolute Gasteiger partial charge is 0.229 e. The zero-order valence-corrected chi connectivity index (χ0v) is 23.5. The molecule has 0 aromatic heterocycles. The van der Waals surface area contributed by atoms with E-state index < -0.39 is 10.0 Å². The second-order valence-corrected chi connectivity index (χ2v) is 12.3. The van der Waals surface area contributed by atoms with Gasteiger partial charge in [-0.25, -0.2) is 8.42 Å². The molecule has 1 heterocycles. The van der Waals surface area contributed by atoms with Crippen LogP contribution in [0.4, 0.5) is 5.69 Å². The number of rotatable bonds is 10. The maximum atomic E-state index is 11.7. The van der Waals surface area contributed by atoms with Crippen LogP contribution >= 0.6 is 0 Å². The average Bonchev–Trinajstić information content (AvgIpc) is 2.91. The highest BCUT2D eigenvalue weighted by Gasteiger charge is 2.22. The second-order valence-electron chi connectivity index (χ2n) is 10.5. The van der Waals surface area contributed by atoms with E-state index >= 15 is 0 Å². The van der Waals surface area contributed by atoms with E-state index in [9.17, 15) is 13.5 Å². The summed E-state index contributed by atoms with van der Waals surface area (Å²) in [6, 6.07) is 27.5. The third-order valence-corrected chi connectivity index (χ3v) is 8.02. The highest BCUT2D eigenvalue weighted by molar-refractivity contribution is 7.92. The van der Waals surface area contributed by atoms with Gasteiger partial charge in [-0.1, -0.05) is 66.7 Å². The van der Waals surface area contributed by atoms with Crippen molar-refractivity contribution in [2.75, 3.05) is 30.7 Å². The Morgan fingerprint density at radius 1 is 0.895 bits per heavy atom. The van der Waals surface area contributed by atoms with E-state index in [1.165, 1.54) is 24.0 Å². The van der Waals surface area contributed by atoms with Crippen LogP contribution in [0.15, 0.2) is 78.9 Å². The van der Waals surface area contributed by atoms with Crippen LogP contribution in [0.3, 0.4) is 0 Å². The predicted octanol–water partition coefficient (Wildman–Crippen LogP) is 6.38. The Balaban J connectivity index is 1.73. The van der Waals surface area contributed by atoms with Crippen molar-refractivity contribution in [2.45, 2.75) is 51.5 Å². The molecule has 0 aliphatic carbocycles. The van der Waals surface area contributed by atoms with Crippen LogP contribution in [-0.4, -0.2) is 50.4 Å². The molecule has 6 heteroatoms. The van der Waals surface area contributed by atoms with Gasteiger partial charge >= 0.3 is 0 Å². The van der Waals surface area contributed by atoms with Crippen LogP contribution < -0.4 is 4.72 Å². The highest BCUT2D eigenvalue weighted by atomic mass is 32.2. The van der Waals surface area contributed by atoms with Crippen molar-refractivity contribution in [3.63, 3.8) is 0 Å². The summed E-state index contributed by atoms with van der Waals surface area (Å²) >= 11 is 0. The summed E-state index contributed by atoms with van der Waals surface area (Å²) in [5.74, 6) is 0.579. The van der Waals surface area contributed by atoms with Crippen molar-refractivity contribution in [2.24, 2.45) is 0 Å². The molecule has 0 saturated carbocycles. The number of hydrogen-bond donors (Lipinski definition) is 2. The van der Waals surface area contributed by atoms with Gasteiger partial charge in [-0.15, -0.1) is 0 Å². The molecule has 0 bridgehead atoms. The first-order valence-corrected chi connectivity index (χ1v) is 15.5. The van der Waals surface area contributed by atoms with Gasteiger partial charge in [-0.3, -0.25) is 4.72 Å². The zero-order chi connectivity index (χ0) is 27.1. The topological polar surface area (TPSA) is 69.6 Å². The molecule has 4 rings (SSSR count). The molecule has 0 radical (unpaired) electrons. The van der Waals surface area contributed by atoms with Crippen molar-refractivity contribution in [1.82, 2.24) is 4.90 Å². The number of nitrogens with one attached hydrogen (secondary N) is 1. The molecule has 38 heavy (non-hydrogen) atoms. The van der Waals surface area contributed by atoms with Gasteiger partial charge in [-0.05, 0) is 104 Å². The molecule has 1 fully saturated rings. The molecule has 3 aromatic rings. The number of piperidine rings is 1. The van der Waals surface area contributed by atoms with Gasteiger partial charge in [0.2, 0.25) is 10.0 Å². The van der Waals surface area contributed by atoms with Crippen LogP contribution in [0, 0.1) is 0 Å². The van der Waals surface area contributed by atoms with Crippen LogP contribution in [0.25, 0.3) is 11.1 Å². The third-order valence-electron chi connectivity index (χ3n) is 7.42. The van der Waals surface area contributed by atoms with E-state index in [1.807, 2.05) is 42.5 Å². The van der Waals surface area contributed by atoms with Gasteiger partial charge in [0.1, 0.15) is 0 Å². The van der Waals surface area contributed by atoms with E-state index in [4.69, 9.17) is 0 Å². The van der Waals surface area contributed by atoms with E-state index in [2.05, 4.69) is 59.9 Å². The molecule has 0 amide bonds. The summed E-state index contributed by atoms with van der Waals surface area (Å²) in [4.78, 5) is 2.56. The Kier molecular flexibility index (Phi) is 9.42. The van der Waals surface area contributed by atoms with Crippen molar-refractivity contribution < 1.29 is 13.5 Å². The summed E-state index contributed by atoms with van der Waals surface area (Å²) < 4.78 is 26.0. The Hall–Kier alpha value is -2.93. The largest absolute Gasteiger partial charge is 0.396 e. The minimum Gasteiger partial charge on any atom is -0.396 e. The van der Waals surface area contributed by atoms with Crippen molar-refractivity contribution in [3.05, 3.63) is 101 Å². The molecular formula is C32H40N2O3S. The number of hydrogen-bond acceptors (Lipinski definition) is 4. The lowest BCUT2D eigenvalue weighted by Gasteiger charge is -2.34. The van der Waals surface area contributed by atoms with Crippen LogP contribution in [0.2, 0.25) is 0 Å². The van der Waals surface area contributed by atoms with Gasteiger partial charge in [0.25, 0.3) is 0 Å². The Labute approximate surface area is 228 Å². The fourth-order valence-corrected chi connectivity index (χ4v) is 5.98. The van der Waals surface area contributed by atoms with Crippen molar-refractivity contribution in [3.8, 4) is 0 Å². The van der Waals surface area contributed by atoms with Crippen molar-refractivity contribution >= 4 is 26.9 Å². The Morgan fingerprint density at radius 2 is 1.47 bits per heavy atom. The number of benzene rings is 3. The number of aliphatic hydroxyl groups is 1. The number of allylic oxidation sites excluding steroid dienone is 1. The van der Waals surface area contributed by atoms with Gasteiger partial charge < -0.3 is 10.0 Å². The lowest BCUT2D eigenvalue weighted by atomic mass is 9.85. The molecule has 3 aromatic carbocycles. The molecule has 202 valence electrons. The predicted molar refractivity (Wildman–Crippen MR) is 159 cm³/mol. The summed E-state index contributed by atoms with van der Waals surface area (Å²) in [6.07, 6.45) is 4.91. The molecule has 1 aliphatic heterocycles. The zero-order valence-electron chi connectivity index (χ0n) is 22.7. The van der Waals surface area contributed by atoms with Crippen LogP contribution in [-0.2, 0) is 10.0 Å². The van der Waals surface area contributed by atoms with E-state index in [-0.39, 0.29) is 6.61 Å². The van der Waals surface area contributed by atoms with Crippen LogP contribution in [0.5, 0.6) is 0 Å². The number of likely N-dealkylation sites (tertiary alicyclic amines) is 1. The van der Waals surface area contributed by atoms with E-state index in [0.717, 1.165) is 48.0 Å². The Morgan fingerprint density at radius 3 is 2.00 bits per heavy atom. The molecule has 5 nitrogen and oxygen atoms in total. The lowest BCUT2D eigenvalue weighted by Crippen LogP contribution is -2.37. The number of aliphatic hydroxyl groups excluding tert-OH is 1. The number of nitrogens with zero attached hydrogens (tertiary/aromatic N) is 1. The molecule has 0 spiro atoms. The van der Waals surface area contributed by atoms with Gasteiger partial charge in [0, 0.05) is 18.3 Å². The van der Waals surface area contributed by atoms with E-state index in [0.29, 0.717) is 24.1 Å². The number of sulfonamides is 1. The highest BCUT2D eigenvalue weighted by Crippen LogP contribution is 2.37. The monoisotopic (exact) mass is 532 g/mol. The SMILES string of the molecule is CC(C)N1CCC(c2ccc(/C(=C(/CCCO)c3ccccc3)c3ccc(NS(C)(=O)=O)cc3)cc2)CC1. The summed E-state index contributed by atoms with van der Waals surface area (Å²) in [5.41, 5.74) is 7.46. The Bertz CT molecular complexity index is 1310.